The Morgan fingerprint density at radius 1 is 1.06 bits per heavy atom. The van der Waals surface area contributed by atoms with Crippen molar-refractivity contribution in [2.75, 3.05) is 0 Å². The maximum Gasteiger partial charge on any atom is 0.00682 e. The lowest BCUT2D eigenvalue weighted by Gasteiger charge is -2.26. The van der Waals surface area contributed by atoms with Crippen LogP contribution in [0.3, 0.4) is 0 Å². The van der Waals surface area contributed by atoms with Gasteiger partial charge in [-0.2, -0.15) is 0 Å². The Balaban J connectivity index is 2.26. The van der Waals surface area contributed by atoms with E-state index in [4.69, 9.17) is 0 Å². The highest BCUT2D eigenvalue weighted by Gasteiger charge is 2.22. The highest BCUT2D eigenvalue weighted by atomic mass is 14.3. The van der Waals surface area contributed by atoms with E-state index in [-0.39, 0.29) is 0 Å². The molecule has 0 saturated heterocycles. The second-order valence-electron chi connectivity index (χ2n) is 5.07. The van der Waals surface area contributed by atoms with Crippen molar-refractivity contribution in [2.24, 2.45) is 0 Å². The maximum absolute atomic E-state index is 2.37. The fraction of sp³-hybridized carbons (Fsp3) is 0.176. The summed E-state index contributed by atoms with van der Waals surface area (Å²) in [6.45, 7) is 2.21. The maximum atomic E-state index is 2.37. The molecule has 0 aliphatic heterocycles. The van der Waals surface area contributed by atoms with Crippen molar-refractivity contribution >= 4 is 22.9 Å². The summed E-state index contributed by atoms with van der Waals surface area (Å²) in [7, 11) is 0. The van der Waals surface area contributed by atoms with Crippen molar-refractivity contribution in [1.82, 2.24) is 0 Å². The topological polar surface area (TPSA) is 0 Å². The summed E-state index contributed by atoms with van der Waals surface area (Å²) in [5.41, 5.74) is 5.76. The molecule has 0 heteroatoms. The zero-order valence-corrected chi connectivity index (χ0v) is 9.90. The molecule has 0 saturated carbocycles. The van der Waals surface area contributed by atoms with Crippen LogP contribution in [0.4, 0.5) is 0 Å². The molecule has 0 N–H and O–H groups in total. The molecule has 0 bridgehead atoms. The van der Waals surface area contributed by atoms with E-state index >= 15 is 0 Å². The van der Waals surface area contributed by atoms with Crippen LogP contribution >= 0.6 is 0 Å². The molecule has 1 atom stereocenters. The molecule has 82 valence electrons. The molecular formula is C17H14. The number of hydrogen-bond donors (Lipinski definition) is 0. The van der Waals surface area contributed by atoms with Gasteiger partial charge in [0.05, 0.1) is 0 Å². The quantitative estimate of drug-likeness (QED) is 0.602. The van der Waals surface area contributed by atoms with Gasteiger partial charge in [0.25, 0.3) is 0 Å². The minimum Gasteiger partial charge on any atom is -0.0830 e. The summed E-state index contributed by atoms with van der Waals surface area (Å²) >= 11 is 0. The number of rotatable bonds is 0. The van der Waals surface area contributed by atoms with Crippen LogP contribution in [0.1, 0.15) is 34.6 Å². The number of aryl methyl sites for hydroxylation is 1. The average molecular weight is 218 g/mol. The molecule has 2 aromatic carbocycles. The van der Waals surface area contributed by atoms with Crippen molar-refractivity contribution in [3.63, 3.8) is 0 Å². The monoisotopic (exact) mass is 218 g/mol. The molecule has 17 heavy (non-hydrogen) atoms. The van der Waals surface area contributed by atoms with Crippen LogP contribution in [-0.4, -0.2) is 0 Å². The standard InChI is InChI=1S/C17H14/c1-11-5-6-14-8-7-12-3-2-4-13-9-10-15(11)17(14)16(12)13/h2-3,5-10,13H,4H2,1H3. The molecule has 1 unspecified atom stereocenters. The molecule has 2 aliphatic rings. The average Bonchev–Trinajstić information content (AvgIpc) is 2.38. The van der Waals surface area contributed by atoms with Gasteiger partial charge in [-0.3, -0.25) is 0 Å². The van der Waals surface area contributed by atoms with Gasteiger partial charge >= 0.3 is 0 Å². The third-order valence-corrected chi connectivity index (χ3v) is 4.07. The van der Waals surface area contributed by atoms with E-state index in [1.165, 1.54) is 27.5 Å². The molecule has 0 spiro atoms. The first kappa shape index (κ1) is 9.23. The van der Waals surface area contributed by atoms with Crippen LogP contribution < -0.4 is 0 Å². The van der Waals surface area contributed by atoms with Crippen LogP contribution in [0.25, 0.3) is 22.9 Å². The van der Waals surface area contributed by atoms with Gasteiger partial charge in [0.1, 0.15) is 0 Å². The van der Waals surface area contributed by atoms with Crippen LogP contribution in [-0.2, 0) is 0 Å². The largest absolute Gasteiger partial charge is 0.0830 e. The summed E-state index contributed by atoms with van der Waals surface area (Å²) < 4.78 is 0. The van der Waals surface area contributed by atoms with Gasteiger partial charge < -0.3 is 0 Å². The Kier molecular flexibility index (Phi) is 1.69. The van der Waals surface area contributed by atoms with Gasteiger partial charge in [0.15, 0.2) is 0 Å². The van der Waals surface area contributed by atoms with Crippen LogP contribution in [0.15, 0.2) is 36.4 Å². The van der Waals surface area contributed by atoms with E-state index in [9.17, 15) is 0 Å². The Morgan fingerprint density at radius 3 is 2.88 bits per heavy atom. The van der Waals surface area contributed by atoms with E-state index in [2.05, 4.69) is 55.5 Å². The molecule has 0 radical (unpaired) electrons. The van der Waals surface area contributed by atoms with Crippen molar-refractivity contribution in [3.05, 3.63) is 58.7 Å². The predicted octanol–water partition coefficient (Wildman–Crippen LogP) is 4.68. The normalized spacial score (nSPS) is 19.9. The summed E-state index contributed by atoms with van der Waals surface area (Å²) in [6, 6.07) is 9.00. The smallest absolute Gasteiger partial charge is 0.00682 e. The van der Waals surface area contributed by atoms with Crippen molar-refractivity contribution in [2.45, 2.75) is 19.3 Å². The van der Waals surface area contributed by atoms with Gasteiger partial charge in [-0.1, -0.05) is 48.6 Å². The highest BCUT2D eigenvalue weighted by Crippen LogP contribution is 2.42. The zero-order valence-electron chi connectivity index (χ0n) is 9.90. The number of hydrogen-bond acceptors (Lipinski definition) is 0. The third kappa shape index (κ3) is 1.13. The molecule has 0 fully saturated rings. The molecule has 2 aromatic rings. The lowest BCUT2D eigenvalue weighted by Crippen LogP contribution is -2.06. The first-order chi connectivity index (χ1) is 8.34. The van der Waals surface area contributed by atoms with Crippen molar-refractivity contribution in [1.29, 1.82) is 0 Å². The Hall–Kier alpha value is -1.82. The van der Waals surface area contributed by atoms with Crippen molar-refractivity contribution < 1.29 is 0 Å². The lowest BCUT2D eigenvalue weighted by atomic mass is 9.78. The molecule has 2 aliphatic carbocycles. The fourth-order valence-corrected chi connectivity index (χ4v) is 3.20. The molecule has 4 rings (SSSR count). The first-order valence-corrected chi connectivity index (χ1v) is 6.25. The SMILES string of the molecule is Cc1ccc2ccc3c4c2c1C=CC4CC=C3. The third-order valence-electron chi connectivity index (χ3n) is 4.07. The minimum absolute atomic E-state index is 0.591. The molecule has 0 aromatic heterocycles. The Bertz CT molecular complexity index is 687. The van der Waals surface area contributed by atoms with Gasteiger partial charge in [0.2, 0.25) is 0 Å². The van der Waals surface area contributed by atoms with Gasteiger partial charge in [-0.25, -0.2) is 0 Å². The summed E-state index contributed by atoms with van der Waals surface area (Å²) in [6.07, 6.45) is 10.4. The Labute approximate surface area is 101 Å². The summed E-state index contributed by atoms with van der Waals surface area (Å²) in [4.78, 5) is 0. The first-order valence-electron chi connectivity index (χ1n) is 6.25. The molecule has 0 heterocycles. The van der Waals surface area contributed by atoms with Crippen LogP contribution in [0.2, 0.25) is 0 Å². The van der Waals surface area contributed by atoms with Crippen molar-refractivity contribution in [3.8, 4) is 0 Å². The van der Waals surface area contributed by atoms with E-state index in [1.54, 1.807) is 5.56 Å². The van der Waals surface area contributed by atoms with Gasteiger partial charge in [-0.15, -0.1) is 0 Å². The van der Waals surface area contributed by atoms with E-state index < -0.39 is 0 Å². The molecular weight excluding hydrogens is 204 g/mol. The minimum atomic E-state index is 0.591. The second kappa shape index (κ2) is 3.10. The number of allylic oxidation sites excluding steroid dienone is 2. The van der Waals surface area contributed by atoms with Gasteiger partial charge in [0, 0.05) is 5.92 Å². The van der Waals surface area contributed by atoms with E-state index in [0.29, 0.717) is 5.92 Å². The summed E-state index contributed by atoms with van der Waals surface area (Å²) in [5, 5.41) is 2.87. The Morgan fingerprint density at radius 2 is 1.94 bits per heavy atom. The predicted molar refractivity (Wildman–Crippen MR) is 74.1 cm³/mol. The van der Waals surface area contributed by atoms with Gasteiger partial charge in [-0.05, 0) is 46.4 Å². The van der Waals surface area contributed by atoms with Crippen LogP contribution in [0, 0.1) is 6.92 Å². The molecule has 0 nitrogen and oxygen atoms in total. The zero-order chi connectivity index (χ0) is 11.4. The fourth-order valence-electron chi connectivity index (χ4n) is 3.20. The second-order valence-corrected chi connectivity index (χ2v) is 5.07. The van der Waals surface area contributed by atoms with E-state index in [0.717, 1.165) is 6.42 Å². The summed E-state index contributed by atoms with van der Waals surface area (Å²) in [5.74, 6) is 0.591. The number of benzene rings is 2. The highest BCUT2D eigenvalue weighted by molar-refractivity contribution is 5.99. The lowest BCUT2D eigenvalue weighted by molar-refractivity contribution is 0.860. The van der Waals surface area contributed by atoms with E-state index in [1.807, 2.05) is 0 Å². The van der Waals surface area contributed by atoms with Crippen LogP contribution in [0.5, 0.6) is 0 Å². The molecule has 0 amide bonds.